The fourth-order valence-electron chi connectivity index (χ4n) is 5.88. The fraction of sp³-hybridized carbons (Fsp3) is 0.367. The molecule has 220 valence electrons. The summed E-state index contributed by atoms with van der Waals surface area (Å²) in [5.74, 6) is -0.182. The number of hydrogen-bond donors (Lipinski definition) is 0. The Morgan fingerprint density at radius 1 is 1.14 bits per heavy atom. The lowest BCUT2D eigenvalue weighted by atomic mass is 9.99. The van der Waals surface area contributed by atoms with Crippen LogP contribution in [0.25, 0.3) is 5.69 Å². The second kappa shape index (κ2) is 10.9. The third-order valence-corrected chi connectivity index (χ3v) is 9.44. The number of nitrogens with zero attached hydrogens (tertiary/aromatic N) is 5. The summed E-state index contributed by atoms with van der Waals surface area (Å²) < 4.78 is 64.0. The SMILES string of the molecule is COC(=O)c1cnn(-c2cccc(CN3C[C@@H](C)Cc4cc(C(F)(F)F)ccc4[S+]3[O-])c2)c1[C@@H]1CC1c1cnn(C)c1. The summed E-state index contributed by atoms with van der Waals surface area (Å²) in [4.78, 5) is 13.1. The van der Waals surface area contributed by atoms with Gasteiger partial charge in [0, 0.05) is 31.3 Å². The number of carbonyl (C=O) groups excluding carboxylic acids is 1. The number of ether oxygens (including phenoxy) is 1. The van der Waals surface area contributed by atoms with Gasteiger partial charge in [0.25, 0.3) is 0 Å². The van der Waals surface area contributed by atoms with Gasteiger partial charge in [-0.05, 0) is 66.1 Å². The van der Waals surface area contributed by atoms with E-state index in [0.29, 0.717) is 35.5 Å². The van der Waals surface area contributed by atoms with E-state index in [1.807, 2.05) is 50.6 Å². The van der Waals surface area contributed by atoms with Gasteiger partial charge in [-0.1, -0.05) is 19.1 Å². The summed E-state index contributed by atoms with van der Waals surface area (Å²) in [6.07, 6.45) is 2.16. The molecule has 4 atom stereocenters. The van der Waals surface area contributed by atoms with Gasteiger partial charge in [0.2, 0.25) is 0 Å². The molecule has 1 saturated carbocycles. The summed E-state index contributed by atoms with van der Waals surface area (Å²) in [7, 11) is 3.22. The highest BCUT2D eigenvalue weighted by molar-refractivity contribution is 7.89. The third-order valence-electron chi connectivity index (χ3n) is 7.91. The van der Waals surface area contributed by atoms with Gasteiger partial charge in [-0.3, -0.25) is 4.68 Å². The first kappa shape index (κ1) is 28.5. The minimum atomic E-state index is -4.45. The van der Waals surface area contributed by atoms with Crippen molar-refractivity contribution in [3.63, 3.8) is 0 Å². The zero-order valence-corrected chi connectivity index (χ0v) is 24.2. The van der Waals surface area contributed by atoms with Gasteiger partial charge in [-0.15, -0.1) is 4.31 Å². The monoisotopic (exact) mass is 597 g/mol. The lowest BCUT2D eigenvalue weighted by Gasteiger charge is -2.24. The van der Waals surface area contributed by atoms with Crippen LogP contribution in [0.4, 0.5) is 13.2 Å². The predicted molar refractivity (Wildman–Crippen MR) is 149 cm³/mol. The Bertz CT molecular complexity index is 1630. The van der Waals surface area contributed by atoms with Crippen LogP contribution >= 0.6 is 0 Å². The van der Waals surface area contributed by atoms with E-state index in [9.17, 15) is 22.5 Å². The topological polar surface area (TPSA) is 88.2 Å². The number of esters is 1. The molecule has 2 aromatic carbocycles. The molecular formula is C30H30F3N5O3S. The van der Waals surface area contributed by atoms with E-state index in [4.69, 9.17) is 4.74 Å². The normalized spacial score (nSPS) is 22.5. The first-order valence-electron chi connectivity index (χ1n) is 13.6. The van der Waals surface area contributed by atoms with E-state index >= 15 is 0 Å². The highest BCUT2D eigenvalue weighted by atomic mass is 32.2. The predicted octanol–water partition coefficient (Wildman–Crippen LogP) is 5.40. The molecule has 0 bridgehead atoms. The molecule has 6 rings (SSSR count). The smallest absolute Gasteiger partial charge is 0.416 e. The highest BCUT2D eigenvalue weighted by Gasteiger charge is 2.45. The van der Waals surface area contributed by atoms with Crippen LogP contribution in [0.3, 0.4) is 0 Å². The molecule has 1 aliphatic heterocycles. The maximum absolute atomic E-state index is 13.6. The van der Waals surface area contributed by atoms with E-state index in [-0.39, 0.29) is 17.8 Å². The number of benzene rings is 2. The number of alkyl halides is 3. The Morgan fingerprint density at radius 2 is 1.95 bits per heavy atom. The molecule has 12 heteroatoms. The van der Waals surface area contributed by atoms with Crippen LogP contribution in [0, 0.1) is 5.92 Å². The zero-order valence-electron chi connectivity index (χ0n) is 23.3. The quantitative estimate of drug-likeness (QED) is 0.219. The van der Waals surface area contributed by atoms with Crippen molar-refractivity contribution < 1.29 is 27.3 Å². The Balaban J connectivity index is 1.29. The molecule has 0 amide bonds. The van der Waals surface area contributed by atoms with Crippen molar-refractivity contribution in [2.75, 3.05) is 13.7 Å². The summed E-state index contributed by atoms with van der Waals surface area (Å²) >= 11 is -1.63. The fourth-order valence-corrected chi connectivity index (χ4v) is 7.36. The summed E-state index contributed by atoms with van der Waals surface area (Å²) in [5, 5.41) is 8.85. The lowest BCUT2D eigenvalue weighted by Crippen LogP contribution is -2.32. The number of aromatic nitrogens is 4. The minimum Gasteiger partial charge on any atom is -0.593 e. The number of fused-ring (bicyclic) bond motifs is 1. The molecule has 1 fully saturated rings. The lowest BCUT2D eigenvalue weighted by molar-refractivity contribution is -0.137. The van der Waals surface area contributed by atoms with Crippen molar-refractivity contribution in [1.82, 2.24) is 23.9 Å². The van der Waals surface area contributed by atoms with E-state index in [0.717, 1.165) is 41.1 Å². The molecular weight excluding hydrogens is 567 g/mol. The molecule has 0 radical (unpaired) electrons. The van der Waals surface area contributed by atoms with Gasteiger partial charge in [0.05, 0.1) is 54.4 Å². The van der Waals surface area contributed by atoms with Gasteiger partial charge in [0.1, 0.15) is 5.56 Å². The van der Waals surface area contributed by atoms with Gasteiger partial charge >= 0.3 is 12.1 Å². The molecule has 4 aromatic rings. The van der Waals surface area contributed by atoms with Crippen molar-refractivity contribution in [2.24, 2.45) is 13.0 Å². The second-order valence-corrected chi connectivity index (χ2v) is 12.6. The average molecular weight is 598 g/mol. The number of rotatable bonds is 6. The van der Waals surface area contributed by atoms with E-state index in [1.54, 1.807) is 13.7 Å². The van der Waals surface area contributed by atoms with Crippen LogP contribution in [-0.2, 0) is 42.3 Å². The maximum Gasteiger partial charge on any atom is 0.416 e. The van der Waals surface area contributed by atoms with Crippen molar-refractivity contribution in [1.29, 1.82) is 0 Å². The second-order valence-electron chi connectivity index (χ2n) is 11.1. The van der Waals surface area contributed by atoms with Gasteiger partial charge in [0.15, 0.2) is 4.90 Å². The molecule has 42 heavy (non-hydrogen) atoms. The number of carbonyl (C=O) groups is 1. The standard InChI is InChI=1S/C30H30F3N5O3S/c1-18-9-20-11-22(30(31,32)33)7-8-27(20)42(40)37(15-18)16-19-5-4-6-23(10-19)38-28(26(14-35-38)29(39)41-3)25-12-24(25)21-13-34-36(2)17-21/h4-8,10-11,13-14,17-18,24-25H,9,12,15-16H2,1-3H3/t18-,24?,25+,42?/m0/s1. The first-order chi connectivity index (χ1) is 20.0. The molecule has 0 saturated heterocycles. The molecule has 3 heterocycles. The van der Waals surface area contributed by atoms with Gasteiger partial charge in [-0.25, -0.2) is 9.48 Å². The minimum absolute atomic E-state index is 0.00137. The van der Waals surface area contributed by atoms with Crippen molar-refractivity contribution in [3.05, 3.63) is 94.6 Å². The highest BCUT2D eigenvalue weighted by Crippen LogP contribution is 2.55. The molecule has 0 N–H and O–H groups in total. The first-order valence-corrected chi connectivity index (χ1v) is 14.7. The Kier molecular flexibility index (Phi) is 7.40. The summed E-state index contributed by atoms with van der Waals surface area (Å²) in [6.45, 7) is 2.74. The van der Waals surface area contributed by atoms with Crippen molar-refractivity contribution in [3.8, 4) is 5.69 Å². The van der Waals surface area contributed by atoms with E-state index < -0.39 is 29.1 Å². The van der Waals surface area contributed by atoms with Crippen molar-refractivity contribution in [2.45, 2.75) is 49.2 Å². The van der Waals surface area contributed by atoms with Crippen LogP contribution < -0.4 is 0 Å². The summed E-state index contributed by atoms with van der Waals surface area (Å²) in [6, 6.07) is 11.1. The van der Waals surface area contributed by atoms with Crippen molar-refractivity contribution >= 4 is 17.3 Å². The largest absolute Gasteiger partial charge is 0.593 e. The Labute approximate surface area is 244 Å². The number of halogens is 3. The number of hydrogen-bond acceptors (Lipinski definition) is 6. The Morgan fingerprint density at radius 3 is 2.67 bits per heavy atom. The van der Waals surface area contributed by atoms with E-state index in [1.165, 1.54) is 19.4 Å². The zero-order chi connectivity index (χ0) is 29.8. The molecule has 0 spiro atoms. The molecule has 2 unspecified atom stereocenters. The molecule has 2 aliphatic rings. The number of aryl methyl sites for hydroxylation is 1. The van der Waals surface area contributed by atoms with Crippen LogP contribution in [0.1, 0.15) is 63.5 Å². The number of methoxy groups -OCH3 is 1. The molecule has 2 aromatic heterocycles. The average Bonchev–Trinajstić information content (AvgIpc) is 3.44. The Hall–Kier alpha value is -3.61. The van der Waals surface area contributed by atoms with Crippen LogP contribution in [-0.4, -0.2) is 48.0 Å². The van der Waals surface area contributed by atoms with Crippen LogP contribution in [0.5, 0.6) is 0 Å². The van der Waals surface area contributed by atoms with Gasteiger partial charge < -0.3 is 9.29 Å². The molecule has 8 nitrogen and oxygen atoms in total. The van der Waals surface area contributed by atoms with Crippen LogP contribution in [0.2, 0.25) is 0 Å². The summed E-state index contributed by atoms with van der Waals surface area (Å²) in [5.41, 5.74) is 3.64. The molecule has 1 aliphatic carbocycles. The third kappa shape index (κ3) is 5.46. The maximum atomic E-state index is 13.6. The van der Waals surface area contributed by atoms with E-state index in [2.05, 4.69) is 10.2 Å². The van der Waals surface area contributed by atoms with Crippen LogP contribution in [0.15, 0.2) is 66.0 Å². The van der Waals surface area contributed by atoms with Gasteiger partial charge in [-0.2, -0.15) is 23.4 Å².